The maximum absolute atomic E-state index is 13.1. The molecule has 1 N–H and O–H groups in total. The lowest BCUT2D eigenvalue weighted by molar-refractivity contribution is -0.116. The van der Waals surface area contributed by atoms with Gasteiger partial charge in [0.15, 0.2) is 9.84 Å². The van der Waals surface area contributed by atoms with Gasteiger partial charge in [0, 0.05) is 11.7 Å². The quantitative estimate of drug-likeness (QED) is 0.793. The van der Waals surface area contributed by atoms with Gasteiger partial charge in [0.05, 0.1) is 29.3 Å². The molecule has 1 saturated heterocycles. The Morgan fingerprint density at radius 1 is 1.46 bits per heavy atom. The first kappa shape index (κ1) is 19.1. The van der Waals surface area contributed by atoms with Crippen molar-refractivity contribution in [2.45, 2.75) is 12.5 Å². The number of amides is 1. The van der Waals surface area contributed by atoms with Crippen molar-refractivity contribution in [1.29, 1.82) is 0 Å². The molecule has 1 amide bonds. The largest absolute Gasteiger partial charge is 0.325 e. The number of sulfone groups is 1. The molecule has 134 valence electrons. The van der Waals surface area contributed by atoms with E-state index in [1.165, 1.54) is 12.1 Å². The normalized spacial score (nSPS) is 20.2. The lowest BCUT2D eigenvalue weighted by Crippen LogP contribution is -2.44. The Morgan fingerprint density at radius 3 is 2.62 bits per heavy atom. The summed E-state index contributed by atoms with van der Waals surface area (Å²) in [6.45, 7) is -0.534. The van der Waals surface area contributed by atoms with E-state index in [4.69, 9.17) is 11.6 Å². The van der Waals surface area contributed by atoms with Crippen LogP contribution in [0.25, 0.3) is 0 Å². The van der Waals surface area contributed by atoms with Gasteiger partial charge in [-0.05, 0) is 24.6 Å². The van der Waals surface area contributed by atoms with Gasteiger partial charge in [0.25, 0.3) is 0 Å². The molecule has 1 unspecified atom stereocenters. The third-order valence-electron chi connectivity index (χ3n) is 3.54. The number of carbonyl (C=O) groups excluding carboxylic acids is 1. The molecule has 7 nitrogen and oxygen atoms in total. The van der Waals surface area contributed by atoms with Crippen LogP contribution in [0.5, 0.6) is 0 Å². The Balaban J connectivity index is 2.12. The van der Waals surface area contributed by atoms with Gasteiger partial charge < -0.3 is 5.32 Å². The average Bonchev–Trinajstić information content (AvgIpc) is 2.79. The van der Waals surface area contributed by atoms with Crippen molar-refractivity contribution < 1.29 is 26.0 Å². The van der Waals surface area contributed by atoms with E-state index in [1.54, 1.807) is 0 Å². The van der Waals surface area contributed by atoms with E-state index in [0.717, 1.165) is 16.6 Å². The second-order valence-electron chi connectivity index (χ2n) is 5.54. The van der Waals surface area contributed by atoms with Crippen LogP contribution in [0.15, 0.2) is 18.2 Å². The molecular weight excluding hydrogens is 383 g/mol. The average molecular weight is 399 g/mol. The lowest BCUT2D eigenvalue weighted by atomic mass is 10.2. The van der Waals surface area contributed by atoms with Gasteiger partial charge in [-0.15, -0.1) is 0 Å². The summed E-state index contributed by atoms with van der Waals surface area (Å²) in [5, 5.41) is 2.23. The molecule has 0 radical (unpaired) electrons. The number of benzene rings is 1. The van der Waals surface area contributed by atoms with Crippen molar-refractivity contribution in [2.75, 3.05) is 29.6 Å². The van der Waals surface area contributed by atoms with Crippen molar-refractivity contribution in [3.8, 4) is 0 Å². The molecule has 1 aromatic carbocycles. The van der Waals surface area contributed by atoms with Gasteiger partial charge in [0.2, 0.25) is 15.9 Å². The first-order chi connectivity index (χ1) is 11.0. The van der Waals surface area contributed by atoms with E-state index in [1.807, 2.05) is 0 Å². The molecule has 0 aliphatic carbocycles. The number of sulfonamides is 1. The molecule has 1 aromatic rings. The van der Waals surface area contributed by atoms with Crippen LogP contribution in [0.2, 0.25) is 5.02 Å². The smallest absolute Gasteiger partial charge is 0.239 e. The minimum atomic E-state index is -3.78. The van der Waals surface area contributed by atoms with Crippen LogP contribution in [-0.2, 0) is 24.7 Å². The minimum absolute atomic E-state index is 0.112. The highest BCUT2D eigenvalue weighted by Crippen LogP contribution is 2.21. The summed E-state index contributed by atoms with van der Waals surface area (Å²) in [6, 6.07) is 2.77. The fourth-order valence-electron chi connectivity index (χ4n) is 2.44. The van der Waals surface area contributed by atoms with Gasteiger partial charge >= 0.3 is 0 Å². The van der Waals surface area contributed by atoms with Gasteiger partial charge in [0.1, 0.15) is 5.82 Å². The van der Waals surface area contributed by atoms with E-state index < -0.39 is 44.2 Å². The van der Waals surface area contributed by atoms with Crippen molar-refractivity contribution in [2.24, 2.45) is 0 Å². The molecule has 0 spiro atoms. The van der Waals surface area contributed by atoms with Gasteiger partial charge in [-0.25, -0.2) is 21.2 Å². The van der Waals surface area contributed by atoms with Crippen LogP contribution < -0.4 is 5.32 Å². The van der Waals surface area contributed by atoms with Gasteiger partial charge in [-0.2, -0.15) is 4.31 Å². The Kier molecular flexibility index (Phi) is 5.53. The van der Waals surface area contributed by atoms with Gasteiger partial charge in [-0.1, -0.05) is 11.6 Å². The molecule has 1 atom stereocenters. The SMILES string of the molecule is CS(=O)(=O)N(CC(=O)Nc1ccc(F)c(Cl)c1)C1CCS(=O)(=O)C1. The number of rotatable bonds is 5. The van der Waals surface area contributed by atoms with Crippen LogP contribution in [0.1, 0.15) is 6.42 Å². The molecule has 1 fully saturated rings. The van der Waals surface area contributed by atoms with E-state index in [-0.39, 0.29) is 28.6 Å². The molecule has 0 bridgehead atoms. The molecule has 1 heterocycles. The Hall–Kier alpha value is -1.23. The third-order valence-corrected chi connectivity index (χ3v) is 6.86. The summed E-state index contributed by atoms with van der Waals surface area (Å²) in [4.78, 5) is 12.1. The fourth-order valence-corrected chi connectivity index (χ4v) is 5.51. The fraction of sp³-hybridized carbons (Fsp3) is 0.462. The van der Waals surface area contributed by atoms with E-state index in [2.05, 4.69) is 5.32 Å². The van der Waals surface area contributed by atoms with Crippen LogP contribution in [0, 0.1) is 5.82 Å². The predicted molar refractivity (Wildman–Crippen MR) is 88.6 cm³/mol. The molecule has 1 aliphatic heterocycles. The number of anilines is 1. The van der Waals surface area contributed by atoms with Gasteiger partial charge in [-0.3, -0.25) is 4.79 Å². The topological polar surface area (TPSA) is 101 Å². The number of nitrogens with one attached hydrogen (secondary N) is 1. The summed E-state index contributed by atoms with van der Waals surface area (Å²) in [5.41, 5.74) is 0.207. The monoisotopic (exact) mass is 398 g/mol. The Labute approximate surface area is 144 Å². The van der Waals surface area contributed by atoms with Crippen LogP contribution in [0.4, 0.5) is 10.1 Å². The second-order valence-corrected chi connectivity index (χ2v) is 10.1. The van der Waals surface area contributed by atoms with Crippen LogP contribution in [0.3, 0.4) is 0 Å². The zero-order chi connectivity index (χ0) is 18.1. The molecule has 1 aliphatic rings. The molecule has 11 heteroatoms. The first-order valence-corrected chi connectivity index (χ1v) is 10.9. The summed E-state index contributed by atoms with van der Waals surface area (Å²) in [7, 11) is -7.08. The molecule has 0 saturated carbocycles. The minimum Gasteiger partial charge on any atom is -0.325 e. The van der Waals surface area contributed by atoms with Crippen LogP contribution in [-0.4, -0.2) is 57.4 Å². The number of nitrogens with zero attached hydrogens (tertiary/aromatic N) is 1. The highest BCUT2D eigenvalue weighted by atomic mass is 35.5. The highest BCUT2D eigenvalue weighted by molar-refractivity contribution is 7.92. The Morgan fingerprint density at radius 2 is 2.12 bits per heavy atom. The van der Waals surface area contributed by atoms with Crippen molar-refractivity contribution in [1.82, 2.24) is 4.31 Å². The standard InChI is InChI=1S/C13H16ClFN2O5S2/c1-23(19,20)17(10-4-5-24(21,22)8-10)7-13(18)16-9-2-3-12(15)11(14)6-9/h2-3,6,10H,4-5,7-8H2,1H3,(H,16,18). The van der Waals surface area contributed by atoms with Crippen molar-refractivity contribution in [3.63, 3.8) is 0 Å². The summed E-state index contributed by atoms with van der Waals surface area (Å²) < 4.78 is 60.8. The number of carbonyl (C=O) groups is 1. The van der Waals surface area contributed by atoms with E-state index >= 15 is 0 Å². The highest BCUT2D eigenvalue weighted by Gasteiger charge is 2.37. The van der Waals surface area contributed by atoms with E-state index in [9.17, 15) is 26.0 Å². The summed E-state index contributed by atoms with van der Waals surface area (Å²) in [5.74, 6) is -1.75. The summed E-state index contributed by atoms with van der Waals surface area (Å²) in [6.07, 6.45) is 1.06. The van der Waals surface area contributed by atoms with Crippen molar-refractivity contribution >= 4 is 43.1 Å². The Bertz CT molecular complexity index is 857. The van der Waals surface area contributed by atoms with Crippen molar-refractivity contribution in [3.05, 3.63) is 29.0 Å². The number of hydrogen-bond donors (Lipinski definition) is 1. The van der Waals surface area contributed by atoms with E-state index in [0.29, 0.717) is 0 Å². The predicted octanol–water partition coefficient (Wildman–Crippen LogP) is 0.866. The first-order valence-electron chi connectivity index (χ1n) is 6.90. The van der Waals surface area contributed by atoms with Crippen LogP contribution >= 0.6 is 11.6 Å². The lowest BCUT2D eigenvalue weighted by Gasteiger charge is -2.24. The zero-order valence-electron chi connectivity index (χ0n) is 12.7. The maximum Gasteiger partial charge on any atom is 0.239 e. The molecule has 0 aromatic heterocycles. The zero-order valence-corrected chi connectivity index (χ0v) is 15.1. The third kappa shape index (κ3) is 4.88. The molecule has 2 rings (SSSR count). The number of hydrogen-bond acceptors (Lipinski definition) is 5. The molecule has 24 heavy (non-hydrogen) atoms. The second kappa shape index (κ2) is 6.95. The number of halogens is 2. The maximum atomic E-state index is 13.1. The molecular formula is C13H16ClFN2O5S2. The summed E-state index contributed by atoms with van der Waals surface area (Å²) >= 11 is 5.61.